The first kappa shape index (κ1) is 10.5. The largest absolute Gasteiger partial charge is 0.487 e. The summed E-state index contributed by atoms with van der Waals surface area (Å²) in [6.45, 7) is 8.09. The van der Waals surface area contributed by atoms with Gasteiger partial charge < -0.3 is 9.84 Å². The Labute approximate surface area is 90.9 Å². The fourth-order valence-corrected chi connectivity index (χ4v) is 2.27. The second-order valence-corrected chi connectivity index (χ2v) is 5.08. The zero-order valence-electron chi connectivity index (χ0n) is 9.79. The standard InChI is InChI=1S/C13H18O2/c1-8-5-9(2)12-10(6-8)11(14)7-13(3,4)15-12/h5-6,11,14H,7H2,1-4H3/t11-/m1/s1. The highest BCUT2D eigenvalue weighted by Crippen LogP contribution is 2.41. The lowest BCUT2D eigenvalue weighted by Crippen LogP contribution is -2.35. The molecule has 0 fully saturated rings. The van der Waals surface area contributed by atoms with E-state index in [1.54, 1.807) is 0 Å². The molecule has 0 aliphatic carbocycles. The van der Waals surface area contributed by atoms with E-state index in [1.807, 2.05) is 33.8 Å². The molecular formula is C13H18O2. The monoisotopic (exact) mass is 206 g/mol. The van der Waals surface area contributed by atoms with Crippen LogP contribution in [0.2, 0.25) is 0 Å². The molecule has 0 radical (unpaired) electrons. The van der Waals surface area contributed by atoms with Crippen LogP contribution in [0, 0.1) is 13.8 Å². The summed E-state index contributed by atoms with van der Waals surface area (Å²) in [4.78, 5) is 0. The van der Waals surface area contributed by atoms with Crippen LogP contribution in [-0.4, -0.2) is 10.7 Å². The summed E-state index contributed by atoms with van der Waals surface area (Å²) in [6, 6.07) is 4.11. The molecule has 1 N–H and O–H groups in total. The lowest BCUT2D eigenvalue weighted by Gasteiger charge is -2.36. The highest BCUT2D eigenvalue weighted by molar-refractivity contribution is 5.46. The van der Waals surface area contributed by atoms with Gasteiger partial charge in [-0.15, -0.1) is 0 Å². The molecule has 82 valence electrons. The first-order chi connectivity index (χ1) is 6.89. The van der Waals surface area contributed by atoms with Crippen LogP contribution in [0.3, 0.4) is 0 Å². The Morgan fingerprint density at radius 1 is 1.33 bits per heavy atom. The number of hydrogen-bond acceptors (Lipinski definition) is 2. The van der Waals surface area contributed by atoms with E-state index in [1.165, 1.54) is 5.56 Å². The van der Waals surface area contributed by atoms with Crippen molar-refractivity contribution in [1.29, 1.82) is 0 Å². The second-order valence-electron chi connectivity index (χ2n) is 5.08. The third-order valence-corrected chi connectivity index (χ3v) is 2.87. The Bertz CT molecular complexity index is 394. The van der Waals surface area contributed by atoms with Crippen LogP contribution in [0.15, 0.2) is 12.1 Å². The van der Waals surface area contributed by atoms with E-state index in [0.29, 0.717) is 6.42 Å². The molecule has 0 amide bonds. The topological polar surface area (TPSA) is 29.5 Å². The zero-order valence-corrected chi connectivity index (χ0v) is 9.79. The summed E-state index contributed by atoms with van der Waals surface area (Å²) in [5, 5.41) is 10.1. The highest BCUT2D eigenvalue weighted by Gasteiger charge is 2.33. The van der Waals surface area contributed by atoms with Gasteiger partial charge in [-0.1, -0.05) is 11.6 Å². The highest BCUT2D eigenvalue weighted by atomic mass is 16.5. The van der Waals surface area contributed by atoms with Crippen LogP contribution in [0.4, 0.5) is 0 Å². The molecule has 0 saturated heterocycles. The maximum absolute atomic E-state index is 10.1. The van der Waals surface area contributed by atoms with Crippen molar-refractivity contribution in [3.63, 3.8) is 0 Å². The molecule has 1 aliphatic rings. The normalized spacial score (nSPS) is 23.1. The zero-order chi connectivity index (χ0) is 11.2. The molecule has 1 aromatic rings. The molecule has 15 heavy (non-hydrogen) atoms. The first-order valence-corrected chi connectivity index (χ1v) is 5.37. The Morgan fingerprint density at radius 3 is 2.67 bits per heavy atom. The molecule has 0 aromatic heterocycles. The molecule has 2 heteroatoms. The molecule has 1 heterocycles. The molecule has 1 atom stereocenters. The van der Waals surface area contributed by atoms with Gasteiger partial charge in [0.2, 0.25) is 0 Å². The summed E-state index contributed by atoms with van der Waals surface area (Å²) >= 11 is 0. The van der Waals surface area contributed by atoms with Gasteiger partial charge in [-0.2, -0.15) is 0 Å². The summed E-state index contributed by atoms with van der Waals surface area (Å²) in [5.74, 6) is 0.865. The van der Waals surface area contributed by atoms with Gasteiger partial charge in [0, 0.05) is 12.0 Å². The predicted molar refractivity (Wildman–Crippen MR) is 60.2 cm³/mol. The van der Waals surface area contributed by atoms with Gasteiger partial charge in [0.25, 0.3) is 0 Å². The number of ether oxygens (including phenoxy) is 1. The van der Waals surface area contributed by atoms with Crippen molar-refractivity contribution in [3.05, 3.63) is 28.8 Å². The molecule has 0 unspecified atom stereocenters. The number of aliphatic hydroxyl groups excluding tert-OH is 1. The summed E-state index contributed by atoms with van der Waals surface area (Å²) in [7, 11) is 0. The minimum Gasteiger partial charge on any atom is -0.487 e. The number of aliphatic hydroxyl groups is 1. The lowest BCUT2D eigenvalue weighted by atomic mass is 9.89. The van der Waals surface area contributed by atoms with E-state index in [2.05, 4.69) is 6.07 Å². The third-order valence-electron chi connectivity index (χ3n) is 2.87. The van der Waals surface area contributed by atoms with Crippen LogP contribution < -0.4 is 4.74 Å². The summed E-state index contributed by atoms with van der Waals surface area (Å²) in [5.41, 5.74) is 2.95. The maximum Gasteiger partial charge on any atom is 0.128 e. The van der Waals surface area contributed by atoms with Crippen LogP contribution in [0.25, 0.3) is 0 Å². The molecule has 1 aromatic carbocycles. The van der Waals surface area contributed by atoms with Crippen molar-refractivity contribution in [2.24, 2.45) is 0 Å². The van der Waals surface area contributed by atoms with Crippen molar-refractivity contribution in [1.82, 2.24) is 0 Å². The fraction of sp³-hybridized carbons (Fsp3) is 0.538. The van der Waals surface area contributed by atoms with Gasteiger partial charge in [0.1, 0.15) is 11.4 Å². The number of fused-ring (bicyclic) bond motifs is 1. The van der Waals surface area contributed by atoms with Gasteiger partial charge in [-0.05, 0) is 39.3 Å². The SMILES string of the molecule is Cc1cc(C)c2c(c1)[C@H](O)CC(C)(C)O2. The van der Waals surface area contributed by atoms with Crippen molar-refractivity contribution >= 4 is 0 Å². The molecule has 1 aliphatic heterocycles. The van der Waals surface area contributed by atoms with Crippen LogP contribution >= 0.6 is 0 Å². The Balaban J connectivity index is 2.55. The predicted octanol–water partition coefficient (Wildman–Crippen LogP) is 2.90. The number of rotatable bonds is 0. The van der Waals surface area contributed by atoms with Crippen LogP contribution in [-0.2, 0) is 0 Å². The molecular weight excluding hydrogens is 188 g/mol. The Hall–Kier alpha value is -1.02. The smallest absolute Gasteiger partial charge is 0.128 e. The minimum absolute atomic E-state index is 0.271. The summed E-state index contributed by atoms with van der Waals surface area (Å²) in [6.07, 6.45) is 0.255. The van der Waals surface area contributed by atoms with Gasteiger partial charge >= 0.3 is 0 Å². The molecule has 0 spiro atoms. The van der Waals surface area contributed by atoms with E-state index in [-0.39, 0.29) is 5.60 Å². The van der Waals surface area contributed by atoms with Gasteiger partial charge in [0.05, 0.1) is 6.10 Å². The van der Waals surface area contributed by atoms with E-state index in [0.717, 1.165) is 16.9 Å². The first-order valence-electron chi connectivity index (χ1n) is 5.37. The summed E-state index contributed by atoms with van der Waals surface area (Å²) < 4.78 is 5.92. The minimum atomic E-state index is -0.401. The average molecular weight is 206 g/mol. The Morgan fingerprint density at radius 2 is 2.00 bits per heavy atom. The van der Waals surface area contributed by atoms with Gasteiger partial charge in [-0.3, -0.25) is 0 Å². The number of benzene rings is 1. The van der Waals surface area contributed by atoms with Crippen molar-refractivity contribution in [2.75, 3.05) is 0 Å². The quantitative estimate of drug-likeness (QED) is 0.707. The van der Waals surface area contributed by atoms with Crippen LogP contribution in [0.5, 0.6) is 5.75 Å². The Kier molecular flexibility index (Phi) is 2.27. The molecule has 0 bridgehead atoms. The van der Waals surface area contributed by atoms with Crippen molar-refractivity contribution in [3.8, 4) is 5.75 Å². The van der Waals surface area contributed by atoms with E-state index in [9.17, 15) is 5.11 Å². The van der Waals surface area contributed by atoms with Crippen molar-refractivity contribution < 1.29 is 9.84 Å². The average Bonchev–Trinajstić information content (AvgIpc) is 2.06. The van der Waals surface area contributed by atoms with Crippen molar-refractivity contribution in [2.45, 2.75) is 45.8 Å². The van der Waals surface area contributed by atoms with Gasteiger partial charge in [-0.25, -0.2) is 0 Å². The number of hydrogen-bond donors (Lipinski definition) is 1. The van der Waals surface area contributed by atoms with Gasteiger partial charge in [0.15, 0.2) is 0 Å². The third kappa shape index (κ3) is 1.86. The van der Waals surface area contributed by atoms with E-state index in [4.69, 9.17) is 4.74 Å². The molecule has 2 rings (SSSR count). The lowest BCUT2D eigenvalue weighted by molar-refractivity contribution is 0.0108. The molecule has 0 saturated carbocycles. The number of aryl methyl sites for hydroxylation is 2. The maximum atomic E-state index is 10.1. The van der Waals surface area contributed by atoms with E-state index < -0.39 is 6.10 Å². The van der Waals surface area contributed by atoms with E-state index >= 15 is 0 Å². The molecule has 2 nitrogen and oxygen atoms in total. The fourth-order valence-electron chi connectivity index (χ4n) is 2.27. The second kappa shape index (κ2) is 3.24. The van der Waals surface area contributed by atoms with Crippen LogP contribution in [0.1, 0.15) is 43.1 Å².